The molecule has 0 aliphatic carbocycles. The van der Waals surface area contributed by atoms with E-state index in [1.54, 1.807) is 4.90 Å². The fraction of sp³-hybridized carbons (Fsp3) is 0.267. The lowest BCUT2D eigenvalue weighted by atomic mass is 10.1. The van der Waals surface area contributed by atoms with Gasteiger partial charge in [-0.05, 0) is 23.9 Å². The smallest absolute Gasteiger partial charge is 0.274 e. The summed E-state index contributed by atoms with van der Waals surface area (Å²) in [6.07, 6.45) is 0.762. The highest BCUT2D eigenvalue weighted by atomic mass is 32.1. The Balaban J connectivity index is 1.47. The van der Waals surface area contributed by atoms with Crippen molar-refractivity contribution in [2.45, 2.75) is 12.3 Å². The third-order valence-electron chi connectivity index (χ3n) is 3.91. The van der Waals surface area contributed by atoms with Gasteiger partial charge in [0.25, 0.3) is 17.4 Å². The molecule has 1 N–H and O–H groups in total. The predicted octanol–water partition coefficient (Wildman–Crippen LogP) is 1.51. The van der Waals surface area contributed by atoms with Gasteiger partial charge >= 0.3 is 0 Å². The summed E-state index contributed by atoms with van der Waals surface area (Å²) >= 11 is 1.54. The van der Waals surface area contributed by atoms with Gasteiger partial charge in [-0.1, -0.05) is 11.2 Å². The Bertz CT molecular complexity index is 897. The number of hydrogen-bond acceptors (Lipinski definition) is 7. The number of hydrogen-bond donors (Lipinski definition) is 1. The van der Waals surface area contributed by atoms with Crippen LogP contribution in [0.5, 0.6) is 0 Å². The number of aromatic nitrogens is 4. The van der Waals surface area contributed by atoms with E-state index in [1.807, 2.05) is 17.5 Å². The van der Waals surface area contributed by atoms with E-state index in [-0.39, 0.29) is 23.1 Å². The van der Waals surface area contributed by atoms with Crippen LogP contribution in [-0.4, -0.2) is 44.2 Å². The van der Waals surface area contributed by atoms with Gasteiger partial charge < -0.3 is 9.42 Å². The lowest BCUT2D eigenvalue weighted by Gasteiger charge is -2.14. The number of nitrogens with one attached hydrogen (secondary N) is 1. The molecule has 0 radical (unpaired) electrons. The molecule has 1 saturated heterocycles. The molecule has 4 rings (SSSR count). The number of aromatic amines is 1. The van der Waals surface area contributed by atoms with Crippen LogP contribution >= 0.6 is 11.3 Å². The van der Waals surface area contributed by atoms with Crippen molar-refractivity contribution in [3.8, 4) is 10.8 Å². The molecule has 1 amide bonds. The molecule has 24 heavy (non-hydrogen) atoms. The lowest BCUT2D eigenvalue weighted by molar-refractivity contribution is 0.0783. The molecule has 1 aliphatic rings. The van der Waals surface area contributed by atoms with Crippen molar-refractivity contribution in [1.29, 1.82) is 0 Å². The second-order valence-corrected chi connectivity index (χ2v) is 6.43. The third kappa shape index (κ3) is 2.73. The number of rotatable bonds is 3. The van der Waals surface area contributed by atoms with E-state index in [9.17, 15) is 9.59 Å². The van der Waals surface area contributed by atoms with Crippen molar-refractivity contribution in [1.82, 2.24) is 25.2 Å². The number of thiophene rings is 1. The van der Waals surface area contributed by atoms with Crippen LogP contribution in [0.4, 0.5) is 0 Å². The van der Waals surface area contributed by atoms with Crippen molar-refractivity contribution >= 4 is 17.2 Å². The van der Waals surface area contributed by atoms with Crippen LogP contribution in [0.15, 0.2) is 39.0 Å². The second kappa shape index (κ2) is 6.00. The van der Waals surface area contributed by atoms with E-state index in [0.717, 1.165) is 11.3 Å². The average molecular weight is 343 g/mol. The first-order valence-corrected chi connectivity index (χ1v) is 8.31. The van der Waals surface area contributed by atoms with Gasteiger partial charge in [-0.2, -0.15) is 10.1 Å². The molecular weight excluding hydrogens is 330 g/mol. The molecule has 4 heterocycles. The van der Waals surface area contributed by atoms with E-state index >= 15 is 0 Å². The predicted molar refractivity (Wildman–Crippen MR) is 85.7 cm³/mol. The molecular formula is C15H13N5O3S. The summed E-state index contributed by atoms with van der Waals surface area (Å²) in [5.74, 6) is 0.945. The maximum absolute atomic E-state index is 12.4. The molecule has 1 unspecified atom stereocenters. The van der Waals surface area contributed by atoms with Gasteiger partial charge in [-0.15, -0.1) is 11.3 Å². The van der Waals surface area contributed by atoms with E-state index < -0.39 is 0 Å². The van der Waals surface area contributed by atoms with E-state index in [2.05, 4.69) is 20.3 Å². The molecule has 1 fully saturated rings. The first kappa shape index (κ1) is 14.8. The first-order valence-electron chi connectivity index (χ1n) is 7.43. The SMILES string of the molecule is O=C(c1ccc(=O)[nH]n1)N1CCC(c2noc(-c3cccs3)n2)C1. The third-order valence-corrected chi connectivity index (χ3v) is 4.77. The number of amides is 1. The summed E-state index contributed by atoms with van der Waals surface area (Å²) in [4.78, 5) is 30.5. The number of carbonyl (C=O) groups is 1. The van der Waals surface area contributed by atoms with Gasteiger partial charge in [-0.3, -0.25) is 9.59 Å². The largest absolute Gasteiger partial charge is 0.336 e. The van der Waals surface area contributed by atoms with Crippen LogP contribution in [0.2, 0.25) is 0 Å². The van der Waals surface area contributed by atoms with Crippen LogP contribution in [-0.2, 0) is 0 Å². The average Bonchev–Trinajstić information content (AvgIpc) is 3.33. The zero-order chi connectivity index (χ0) is 16.5. The van der Waals surface area contributed by atoms with Gasteiger partial charge in [-0.25, -0.2) is 5.10 Å². The van der Waals surface area contributed by atoms with Crippen molar-refractivity contribution in [2.75, 3.05) is 13.1 Å². The minimum atomic E-state index is -0.334. The van der Waals surface area contributed by atoms with Crippen LogP contribution in [0.3, 0.4) is 0 Å². The normalized spacial score (nSPS) is 17.3. The van der Waals surface area contributed by atoms with Crippen LogP contribution < -0.4 is 5.56 Å². The molecule has 9 heteroatoms. The van der Waals surface area contributed by atoms with E-state index in [4.69, 9.17) is 4.52 Å². The maximum atomic E-state index is 12.4. The van der Waals surface area contributed by atoms with Crippen molar-refractivity contribution in [3.05, 3.63) is 51.5 Å². The summed E-state index contributed by atoms with van der Waals surface area (Å²) in [6, 6.07) is 6.57. The second-order valence-electron chi connectivity index (χ2n) is 5.48. The van der Waals surface area contributed by atoms with Gasteiger partial charge in [0.15, 0.2) is 5.82 Å². The fourth-order valence-electron chi connectivity index (χ4n) is 2.68. The molecule has 0 aromatic carbocycles. The van der Waals surface area contributed by atoms with Crippen LogP contribution in [0.25, 0.3) is 10.8 Å². The number of H-pyrrole nitrogens is 1. The summed E-state index contributed by atoms with van der Waals surface area (Å²) in [7, 11) is 0. The summed E-state index contributed by atoms with van der Waals surface area (Å²) in [5.41, 5.74) is -0.110. The summed E-state index contributed by atoms with van der Waals surface area (Å²) < 4.78 is 5.31. The quantitative estimate of drug-likeness (QED) is 0.773. The molecule has 1 atom stereocenters. The standard InChI is InChI=1S/C15H13N5O3S/c21-12-4-3-10(17-18-12)15(22)20-6-5-9(8-20)13-16-14(23-19-13)11-2-1-7-24-11/h1-4,7,9H,5-6,8H2,(H,18,21). The topological polar surface area (TPSA) is 105 Å². The zero-order valence-electron chi connectivity index (χ0n) is 12.5. The molecule has 0 spiro atoms. The summed E-state index contributed by atoms with van der Waals surface area (Å²) in [6.45, 7) is 1.09. The Morgan fingerprint density at radius 2 is 2.29 bits per heavy atom. The van der Waals surface area contributed by atoms with E-state index in [0.29, 0.717) is 24.8 Å². The zero-order valence-corrected chi connectivity index (χ0v) is 13.3. The number of likely N-dealkylation sites (tertiary alicyclic amines) is 1. The molecule has 3 aromatic rings. The first-order chi connectivity index (χ1) is 11.7. The fourth-order valence-corrected chi connectivity index (χ4v) is 3.33. The van der Waals surface area contributed by atoms with Crippen molar-refractivity contribution < 1.29 is 9.32 Å². The highest BCUT2D eigenvalue weighted by Gasteiger charge is 2.31. The highest BCUT2D eigenvalue weighted by Crippen LogP contribution is 2.29. The monoisotopic (exact) mass is 343 g/mol. The molecule has 0 bridgehead atoms. The molecule has 0 saturated carbocycles. The van der Waals surface area contributed by atoms with Crippen LogP contribution in [0.1, 0.15) is 28.7 Å². The van der Waals surface area contributed by atoms with E-state index in [1.165, 1.54) is 23.5 Å². The molecule has 122 valence electrons. The molecule has 8 nitrogen and oxygen atoms in total. The Hall–Kier alpha value is -2.81. The highest BCUT2D eigenvalue weighted by molar-refractivity contribution is 7.13. The molecule has 3 aromatic heterocycles. The minimum absolute atomic E-state index is 0.0363. The van der Waals surface area contributed by atoms with Gasteiger partial charge in [0, 0.05) is 25.1 Å². The Morgan fingerprint density at radius 3 is 3.04 bits per heavy atom. The van der Waals surface area contributed by atoms with Gasteiger partial charge in [0.1, 0.15) is 5.69 Å². The maximum Gasteiger partial charge on any atom is 0.274 e. The Labute approximate surface area is 140 Å². The van der Waals surface area contributed by atoms with Crippen molar-refractivity contribution in [3.63, 3.8) is 0 Å². The number of nitrogens with zero attached hydrogens (tertiary/aromatic N) is 4. The molecule has 1 aliphatic heterocycles. The van der Waals surface area contributed by atoms with Crippen molar-refractivity contribution in [2.24, 2.45) is 0 Å². The summed E-state index contributed by atoms with van der Waals surface area (Å²) in [5, 5.41) is 12.1. The Kier molecular flexibility index (Phi) is 3.69. The van der Waals surface area contributed by atoms with Gasteiger partial charge in [0.05, 0.1) is 4.88 Å². The minimum Gasteiger partial charge on any atom is -0.336 e. The van der Waals surface area contributed by atoms with Crippen LogP contribution in [0, 0.1) is 0 Å². The lowest BCUT2D eigenvalue weighted by Crippen LogP contribution is -2.30. The van der Waals surface area contributed by atoms with Gasteiger partial charge in [0.2, 0.25) is 0 Å². The number of carbonyl (C=O) groups excluding carboxylic acids is 1. The Morgan fingerprint density at radius 1 is 1.38 bits per heavy atom.